The molecule has 0 aliphatic rings. The number of nitrogens with zero attached hydrogens (tertiary/aromatic N) is 1. The standard InChI is InChI=1S/C22H45NO2P/c1-6-8-9-10-11-12-13-14-15-16-17-18-19-20-21-22(7-2,26(24)25)23(3,4)5/h13-14H,6-12,15-21H2,1-5H3/q+1. The Labute approximate surface area is 164 Å². The maximum Gasteiger partial charge on any atom is 0.376 e. The van der Waals surface area contributed by atoms with Crippen LogP contribution in [0.15, 0.2) is 12.2 Å². The van der Waals surface area contributed by atoms with Gasteiger partial charge in [-0.05, 0) is 32.1 Å². The number of unbranched alkanes of at least 4 members (excludes halogenated alkanes) is 10. The quantitative estimate of drug-likeness (QED) is 0.123. The fraction of sp³-hybridized carbons (Fsp3) is 0.909. The zero-order chi connectivity index (χ0) is 19.9. The lowest BCUT2D eigenvalue weighted by Gasteiger charge is -2.39. The first-order valence-electron chi connectivity index (χ1n) is 10.9. The summed E-state index contributed by atoms with van der Waals surface area (Å²) in [7, 11) is 3.60. The van der Waals surface area contributed by atoms with Crippen molar-refractivity contribution < 1.29 is 13.9 Å². The summed E-state index contributed by atoms with van der Waals surface area (Å²) in [5.74, 6) is 0. The summed E-state index contributed by atoms with van der Waals surface area (Å²) < 4.78 is 12.4. The Morgan fingerprint density at radius 3 is 1.69 bits per heavy atom. The Morgan fingerprint density at radius 2 is 1.27 bits per heavy atom. The molecule has 26 heavy (non-hydrogen) atoms. The van der Waals surface area contributed by atoms with E-state index in [2.05, 4.69) is 19.1 Å². The predicted molar refractivity (Wildman–Crippen MR) is 113 cm³/mol. The van der Waals surface area contributed by atoms with Gasteiger partial charge in [0, 0.05) is 12.8 Å². The minimum absolute atomic E-state index is 0.505. The van der Waals surface area contributed by atoms with E-state index in [-0.39, 0.29) is 0 Å². The fourth-order valence-electron chi connectivity index (χ4n) is 3.75. The molecule has 0 amide bonds. The van der Waals surface area contributed by atoms with Gasteiger partial charge in [-0.3, -0.25) is 4.48 Å². The number of quaternary nitrogens is 1. The molecule has 0 N–H and O–H groups in total. The fourth-order valence-corrected chi connectivity index (χ4v) is 4.84. The third kappa shape index (κ3) is 10.2. The summed E-state index contributed by atoms with van der Waals surface area (Å²) in [5.41, 5.74) is 0. The SMILES string of the molecule is CCCCCCCC=CCCCCCCCC(CC)([P+](=O)[O-])[N+](C)(C)C. The third-order valence-electron chi connectivity index (χ3n) is 5.74. The smallest absolute Gasteiger partial charge is 0.376 e. The van der Waals surface area contributed by atoms with Crippen molar-refractivity contribution in [1.29, 1.82) is 0 Å². The van der Waals surface area contributed by atoms with Crippen molar-refractivity contribution in [1.82, 2.24) is 0 Å². The highest BCUT2D eigenvalue weighted by atomic mass is 31.1. The molecule has 0 aliphatic heterocycles. The Hall–Kier alpha value is -0.240. The summed E-state index contributed by atoms with van der Waals surface area (Å²) in [6.07, 6.45) is 21.3. The van der Waals surface area contributed by atoms with Crippen molar-refractivity contribution in [3.8, 4) is 0 Å². The number of allylic oxidation sites excluding steroid dienone is 2. The van der Waals surface area contributed by atoms with E-state index in [4.69, 9.17) is 0 Å². The van der Waals surface area contributed by atoms with Crippen LogP contribution < -0.4 is 4.89 Å². The van der Waals surface area contributed by atoms with Crippen molar-refractivity contribution in [2.75, 3.05) is 21.1 Å². The number of hydrogen-bond acceptors (Lipinski definition) is 2. The molecule has 0 saturated carbocycles. The van der Waals surface area contributed by atoms with Crippen LogP contribution in [0.1, 0.15) is 104 Å². The Bertz CT molecular complexity index is 390. The molecule has 3 nitrogen and oxygen atoms in total. The Balaban J connectivity index is 3.76. The Kier molecular flexibility index (Phi) is 14.6. The van der Waals surface area contributed by atoms with Crippen LogP contribution in [0.3, 0.4) is 0 Å². The van der Waals surface area contributed by atoms with Gasteiger partial charge in [-0.15, -0.1) is 0 Å². The highest BCUT2D eigenvalue weighted by Gasteiger charge is 2.52. The number of hydrogen-bond donors (Lipinski definition) is 0. The van der Waals surface area contributed by atoms with Crippen molar-refractivity contribution in [2.24, 2.45) is 0 Å². The molecule has 0 aliphatic carbocycles. The van der Waals surface area contributed by atoms with Gasteiger partial charge >= 0.3 is 8.03 Å². The Morgan fingerprint density at radius 1 is 0.808 bits per heavy atom. The summed E-state index contributed by atoms with van der Waals surface area (Å²) in [4.78, 5) is 11.9. The largest absolute Gasteiger partial charge is 0.590 e. The average Bonchev–Trinajstić information content (AvgIpc) is 2.57. The molecular weight excluding hydrogens is 341 g/mol. The molecule has 0 aromatic rings. The predicted octanol–water partition coefficient (Wildman–Crippen LogP) is 6.55. The third-order valence-corrected chi connectivity index (χ3v) is 7.56. The van der Waals surface area contributed by atoms with Crippen LogP contribution in [0.2, 0.25) is 0 Å². The van der Waals surface area contributed by atoms with E-state index in [9.17, 15) is 9.46 Å². The van der Waals surface area contributed by atoms with Gasteiger partial charge in [-0.1, -0.05) is 75.5 Å². The summed E-state index contributed by atoms with van der Waals surface area (Å²) in [5, 5.41) is -0.602. The topological polar surface area (TPSA) is 40.1 Å². The highest BCUT2D eigenvalue weighted by Crippen LogP contribution is 2.44. The lowest BCUT2D eigenvalue weighted by molar-refractivity contribution is -0.910. The first kappa shape index (κ1) is 25.8. The van der Waals surface area contributed by atoms with Gasteiger partial charge in [0.1, 0.15) is 0 Å². The van der Waals surface area contributed by atoms with Crippen molar-refractivity contribution >= 4 is 8.03 Å². The van der Waals surface area contributed by atoms with Crippen LogP contribution >= 0.6 is 8.03 Å². The maximum absolute atomic E-state index is 11.9. The molecule has 0 bridgehead atoms. The van der Waals surface area contributed by atoms with Gasteiger partial charge in [0.05, 0.1) is 21.1 Å². The second-order valence-electron chi connectivity index (χ2n) is 8.59. The van der Waals surface area contributed by atoms with Crippen LogP contribution in [0, 0.1) is 0 Å². The van der Waals surface area contributed by atoms with E-state index < -0.39 is 13.3 Å². The van der Waals surface area contributed by atoms with E-state index in [0.29, 0.717) is 10.9 Å². The molecule has 0 aromatic carbocycles. The van der Waals surface area contributed by atoms with Crippen LogP contribution in [0.4, 0.5) is 0 Å². The molecule has 0 fully saturated rings. The van der Waals surface area contributed by atoms with Crippen LogP contribution in [0.25, 0.3) is 0 Å². The zero-order valence-corrected chi connectivity index (χ0v) is 19.2. The first-order valence-corrected chi connectivity index (χ1v) is 12.1. The monoisotopic (exact) mass is 386 g/mol. The number of rotatable bonds is 17. The minimum atomic E-state index is -2.41. The van der Waals surface area contributed by atoms with Gasteiger partial charge in [0.15, 0.2) is 0 Å². The van der Waals surface area contributed by atoms with Crippen molar-refractivity contribution in [2.45, 2.75) is 109 Å². The van der Waals surface area contributed by atoms with Gasteiger partial charge < -0.3 is 4.89 Å². The normalized spacial score (nSPS) is 15.4. The molecule has 0 rings (SSSR count). The second-order valence-corrected chi connectivity index (χ2v) is 9.93. The van der Waals surface area contributed by atoms with Gasteiger partial charge in [0.2, 0.25) is 0 Å². The molecule has 154 valence electrons. The van der Waals surface area contributed by atoms with Crippen LogP contribution in [-0.2, 0) is 4.57 Å². The van der Waals surface area contributed by atoms with Crippen LogP contribution in [0.5, 0.6) is 0 Å². The molecule has 4 heteroatoms. The highest BCUT2D eigenvalue weighted by molar-refractivity contribution is 7.38. The van der Waals surface area contributed by atoms with E-state index >= 15 is 0 Å². The zero-order valence-electron chi connectivity index (χ0n) is 18.3. The molecule has 2 atom stereocenters. The van der Waals surface area contributed by atoms with E-state index in [0.717, 1.165) is 19.3 Å². The molecule has 0 saturated heterocycles. The molecule has 2 unspecified atom stereocenters. The van der Waals surface area contributed by atoms with Gasteiger partial charge in [-0.25, -0.2) is 0 Å². The lowest BCUT2D eigenvalue weighted by atomic mass is 10.0. The van der Waals surface area contributed by atoms with Crippen LogP contribution in [-0.4, -0.2) is 30.9 Å². The first-order chi connectivity index (χ1) is 12.3. The summed E-state index contributed by atoms with van der Waals surface area (Å²) in [6, 6.07) is 0. The lowest BCUT2D eigenvalue weighted by Crippen LogP contribution is -2.55. The molecule has 0 aromatic heterocycles. The molecule has 0 heterocycles. The molecule has 0 radical (unpaired) electrons. The summed E-state index contributed by atoms with van der Waals surface area (Å²) >= 11 is 0. The minimum Gasteiger partial charge on any atom is -0.590 e. The average molecular weight is 387 g/mol. The molecule has 0 spiro atoms. The summed E-state index contributed by atoms with van der Waals surface area (Å²) in [6.45, 7) is 4.26. The van der Waals surface area contributed by atoms with Gasteiger partial charge in [-0.2, -0.15) is 0 Å². The van der Waals surface area contributed by atoms with E-state index in [1.54, 1.807) is 0 Å². The van der Waals surface area contributed by atoms with E-state index in [1.807, 2.05) is 28.1 Å². The van der Waals surface area contributed by atoms with Crippen molar-refractivity contribution in [3.05, 3.63) is 12.2 Å². The van der Waals surface area contributed by atoms with Gasteiger partial charge in [0.25, 0.3) is 5.28 Å². The maximum atomic E-state index is 11.9. The molecular formula is C22H45NO2P+. The second kappa shape index (κ2) is 14.8. The van der Waals surface area contributed by atoms with E-state index in [1.165, 1.54) is 64.2 Å². The van der Waals surface area contributed by atoms with Crippen molar-refractivity contribution in [3.63, 3.8) is 0 Å².